The summed E-state index contributed by atoms with van der Waals surface area (Å²) in [6, 6.07) is 6.20. The third-order valence-corrected chi connectivity index (χ3v) is 3.18. The molecule has 3 amide bonds. The first-order valence-electron chi connectivity index (χ1n) is 7.38. The highest BCUT2D eigenvalue weighted by molar-refractivity contribution is 5.97. The SMILES string of the molecule is CC[C@H](C)NC(=O)NC(=O)COC(=O)c1cccc(N(C)C)c1. The van der Waals surface area contributed by atoms with E-state index in [-0.39, 0.29) is 6.04 Å². The van der Waals surface area contributed by atoms with Crippen LogP contribution in [0.5, 0.6) is 0 Å². The highest BCUT2D eigenvalue weighted by Gasteiger charge is 2.14. The van der Waals surface area contributed by atoms with Crippen LogP contribution in [0.3, 0.4) is 0 Å². The summed E-state index contributed by atoms with van der Waals surface area (Å²) in [5.41, 5.74) is 1.19. The zero-order valence-corrected chi connectivity index (χ0v) is 13.9. The van der Waals surface area contributed by atoms with Crippen molar-refractivity contribution in [3.63, 3.8) is 0 Å². The third-order valence-electron chi connectivity index (χ3n) is 3.18. The van der Waals surface area contributed by atoms with Gasteiger partial charge < -0.3 is 15.0 Å². The molecule has 0 aromatic heterocycles. The fourth-order valence-electron chi connectivity index (χ4n) is 1.65. The molecule has 0 heterocycles. The number of ether oxygens (including phenoxy) is 1. The van der Waals surface area contributed by atoms with Crippen molar-refractivity contribution in [2.75, 3.05) is 25.6 Å². The maximum absolute atomic E-state index is 11.9. The quantitative estimate of drug-likeness (QED) is 0.776. The number of hydrogen-bond donors (Lipinski definition) is 2. The Kier molecular flexibility index (Phi) is 7.05. The Morgan fingerprint density at radius 3 is 2.57 bits per heavy atom. The molecule has 7 nitrogen and oxygen atoms in total. The van der Waals surface area contributed by atoms with Gasteiger partial charge in [-0.15, -0.1) is 0 Å². The van der Waals surface area contributed by atoms with Crippen molar-refractivity contribution in [1.82, 2.24) is 10.6 Å². The summed E-state index contributed by atoms with van der Waals surface area (Å²) in [6.07, 6.45) is 0.749. The van der Waals surface area contributed by atoms with Gasteiger partial charge >= 0.3 is 12.0 Å². The molecule has 0 aliphatic heterocycles. The van der Waals surface area contributed by atoms with Gasteiger partial charge in [-0.25, -0.2) is 9.59 Å². The van der Waals surface area contributed by atoms with E-state index in [1.54, 1.807) is 18.2 Å². The number of esters is 1. The number of rotatable bonds is 6. The van der Waals surface area contributed by atoms with E-state index in [1.165, 1.54) is 0 Å². The first kappa shape index (κ1) is 18.5. The van der Waals surface area contributed by atoms with Gasteiger partial charge in [-0.2, -0.15) is 0 Å². The van der Waals surface area contributed by atoms with E-state index in [9.17, 15) is 14.4 Å². The Morgan fingerprint density at radius 2 is 1.96 bits per heavy atom. The molecule has 23 heavy (non-hydrogen) atoms. The predicted molar refractivity (Wildman–Crippen MR) is 87.5 cm³/mol. The van der Waals surface area contributed by atoms with E-state index in [0.29, 0.717) is 5.56 Å². The van der Waals surface area contributed by atoms with Gasteiger partial charge in [-0.05, 0) is 31.5 Å². The molecule has 0 radical (unpaired) electrons. The number of amides is 3. The van der Waals surface area contributed by atoms with Gasteiger partial charge in [-0.1, -0.05) is 13.0 Å². The lowest BCUT2D eigenvalue weighted by molar-refractivity contribution is -0.123. The number of nitrogens with zero attached hydrogens (tertiary/aromatic N) is 1. The summed E-state index contributed by atoms with van der Waals surface area (Å²) in [6.45, 7) is 3.22. The Bertz CT molecular complexity index is 572. The van der Waals surface area contributed by atoms with Crippen molar-refractivity contribution in [1.29, 1.82) is 0 Å². The number of imide groups is 1. The third kappa shape index (κ3) is 6.37. The lowest BCUT2D eigenvalue weighted by atomic mass is 10.2. The van der Waals surface area contributed by atoms with Crippen LogP contribution in [0, 0.1) is 0 Å². The largest absolute Gasteiger partial charge is 0.452 e. The average Bonchev–Trinajstić information content (AvgIpc) is 2.52. The zero-order chi connectivity index (χ0) is 17.4. The second-order valence-electron chi connectivity index (χ2n) is 5.35. The summed E-state index contributed by atoms with van der Waals surface area (Å²) in [4.78, 5) is 36.8. The molecule has 0 aliphatic carbocycles. The molecule has 1 rings (SSSR count). The maximum atomic E-state index is 11.9. The first-order valence-corrected chi connectivity index (χ1v) is 7.38. The first-order chi connectivity index (χ1) is 10.8. The topological polar surface area (TPSA) is 87.7 Å². The normalized spacial score (nSPS) is 11.3. The molecule has 0 aliphatic rings. The van der Waals surface area contributed by atoms with Gasteiger partial charge in [0, 0.05) is 25.8 Å². The van der Waals surface area contributed by atoms with Crippen molar-refractivity contribution in [3.8, 4) is 0 Å². The highest BCUT2D eigenvalue weighted by atomic mass is 16.5. The monoisotopic (exact) mass is 321 g/mol. The molecule has 1 atom stereocenters. The molecule has 7 heteroatoms. The second-order valence-corrected chi connectivity index (χ2v) is 5.35. The van der Waals surface area contributed by atoms with E-state index in [2.05, 4.69) is 10.6 Å². The molecule has 126 valence electrons. The minimum absolute atomic E-state index is 0.0425. The Morgan fingerprint density at radius 1 is 1.26 bits per heavy atom. The number of anilines is 1. The van der Waals surface area contributed by atoms with Gasteiger partial charge in [0.25, 0.3) is 5.91 Å². The molecule has 1 aromatic carbocycles. The Labute approximate surface area is 136 Å². The Balaban J connectivity index is 2.48. The van der Waals surface area contributed by atoms with Crippen LogP contribution in [-0.2, 0) is 9.53 Å². The smallest absolute Gasteiger partial charge is 0.338 e. The lowest BCUT2D eigenvalue weighted by Gasteiger charge is -2.13. The highest BCUT2D eigenvalue weighted by Crippen LogP contribution is 2.14. The number of benzene rings is 1. The standard InChI is InChI=1S/C16H23N3O4/c1-5-11(2)17-16(22)18-14(20)10-23-15(21)12-7-6-8-13(9-12)19(3)4/h6-9,11H,5,10H2,1-4H3,(H2,17,18,20,22)/t11-/m0/s1. The number of hydrogen-bond acceptors (Lipinski definition) is 5. The van der Waals surface area contributed by atoms with E-state index in [4.69, 9.17) is 4.74 Å². The van der Waals surface area contributed by atoms with Crippen molar-refractivity contribution < 1.29 is 19.1 Å². The van der Waals surface area contributed by atoms with Crippen LogP contribution < -0.4 is 15.5 Å². The number of carbonyl (C=O) groups is 3. The maximum Gasteiger partial charge on any atom is 0.338 e. The molecule has 0 fully saturated rings. The summed E-state index contributed by atoms with van der Waals surface area (Å²) in [5.74, 6) is -1.30. The van der Waals surface area contributed by atoms with Gasteiger partial charge in [0.05, 0.1) is 5.56 Å². The number of carbonyl (C=O) groups excluding carboxylic acids is 3. The van der Waals surface area contributed by atoms with Crippen LogP contribution in [0.1, 0.15) is 30.6 Å². The summed E-state index contributed by atoms with van der Waals surface area (Å²) < 4.78 is 4.91. The molecule has 1 aromatic rings. The number of nitrogens with one attached hydrogen (secondary N) is 2. The van der Waals surface area contributed by atoms with Crippen LogP contribution in [-0.4, -0.2) is 44.7 Å². The van der Waals surface area contributed by atoms with Gasteiger partial charge in [-0.3, -0.25) is 10.1 Å². The van der Waals surface area contributed by atoms with E-state index >= 15 is 0 Å². The molecular formula is C16H23N3O4. The van der Waals surface area contributed by atoms with Crippen LogP contribution in [0.2, 0.25) is 0 Å². The van der Waals surface area contributed by atoms with Crippen molar-refractivity contribution in [2.24, 2.45) is 0 Å². The zero-order valence-electron chi connectivity index (χ0n) is 13.9. The molecule has 0 spiro atoms. The van der Waals surface area contributed by atoms with Crippen LogP contribution in [0.4, 0.5) is 10.5 Å². The number of urea groups is 1. The van der Waals surface area contributed by atoms with Gasteiger partial charge in [0.1, 0.15) is 0 Å². The summed E-state index contributed by atoms with van der Waals surface area (Å²) >= 11 is 0. The average molecular weight is 321 g/mol. The fraction of sp³-hybridized carbons (Fsp3) is 0.438. The van der Waals surface area contributed by atoms with Crippen molar-refractivity contribution >= 4 is 23.6 Å². The van der Waals surface area contributed by atoms with Crippen LogP contribution >= 0.6 is 0 Å². The molecule has 2 N–H and O–H groups in total. The molecule has 0 unspecified atom stereocenters. The second kappa shape index (κ2) is 8.77. The minimum Gasteiger partial charge on any atom is -0.452 e. The fourth-order valence-corrected chi connectivity index (χ4v) is 1.65. The summed E-state index contributed by atoms with van der Waals surface area (Å²) in [7, 11) is 3.71. The molecular weight excluding hydrogens is 298 g/mol. The van der Waals surface area contributed by atoms with Crippen molar-refractivity contribution in [2.45, 2.75) is 26.3 Å². The van der Waals surface area contributed by atoms with Crippen LogP contribution in [0.25, 0.3) is 0 Å². The van der Waals surface area contributed by atoms with Gasteiger partial charge in [0.2, 0.25) is 0 Å². The molecule has 0 saturated heterocycles. The lowest BCUT2D eigenvalue weighted by Crippen LogP contribution is -2.44. The van der Waals surface area contributed by atoms with Crippen molar-refractivity contribution in [3.05, 3.63) is 29.8 Å². The van der Waals surface area contributed by atoms with E-state index < -0.39 is 24.5 Å². The van der Waals surface area contributed by atoms with Crippen LogP contribution in [0.15, 0.2) is 24.3 Å². The molecule has 0 saturated carbocycles. The van der Waals surface area contributed by atoms with E-state index in [1.807, 2.05) is 38.9 Å². The minimum atomic E-state index is -0.678. The Hall–Kier alpha value is -2.57. The van der Waals surface area contributed by atoms with Gasteiger partial charge in [0.15, 0.2) is 6.61 Å². The van der Waals surface area contributed by atoms with E-state index in [0.717, 1.165) is 12.1 Å². The predicted octanol–water partition coefficient (Wildman–Crippen LogP) is 1.53. The molecule has 0 bridgehead atoms. The summed E-state index contributed by atoms with van der Waals surface area (Å²) in [5, 5.41) is 4.69.